The molecule has 2 fully saturated rings. The first-order valence-corrected chi connectivity index (χ1v) is 8.26. The Labute approximate surface area is 139 Å². The average Bonchev–Trinajstić information content (AvgIpc) is 3.00. The topological polar surface area (TPSA) is 77.8 Å². The Bertz CT molecular complexity index is 880. The molecule has 0 amide bonds. The van der Waals surface area contributed by atoms with Gasteiger partial charge in [0.05, 0.1) is 19.0 Å². The molecule has 24 heavy (non-hydrogen) atoms. The van der Waals surface area contributed by atoms with E-state index in [0.717, 1.165) is 60.2 Å². The number of rotatable bonds is 4. The lowest BCUT2D eigenvalue weighted by Crippen LogP contribution is -2.16. The van der Waals surface area contributed by atoms with Gasteiger partial charge in [-0.25, -0.2) is 9.97 Å². The summed E-state index contributed by atoms with van der Waals surface area (Å²) in [5, 5.41) is 11.8. The SMILES string of the molecule is COc1ccc(-n2nnc3cnc(CC4C5CNCC54)nc32)cc1. The fourth-order valence-electron chi connectivity index (χ4n) is 3.82. The number of benzene rings is 1. The number of fused-ring (bicyclic) bond motifs is 2. The Balaban J connectivity index is 1.46. The van der Waals surface area contributed by atoms with Crippen LogP contribution in [0.4, 0.5) is 0 Å². The predicted octanol–water partition coefficient (Wildman–Crippen LogP) is 1.23. The molecular formula is C17H18N6O. The van der Waals surface area contributed by atoms with Gasteiger partial charge in [-0.15, -0.1) is 5.10 Å². The molecule has 3 aromatic rings. The van der Waals surface area contributed by atoms with Crippen LogP contribution in [0.25, 0.3) is 16.9 Å². The molecule has 0 spiro atoms. The standard InChI is InChI=1S/C17H18N6O/c1-24-11-4-2-10(3-5-11)23-17-15(21-22-23)9-19-16(20-17)6-12-13-7-18-8-14(12)13/h2-5,9,12-14,18H,6-8H2,1H3. The molecule has 2 aromatic heterocycles. The number of nitrogens with one attached hydrogen (secondary N) is 1. The zero-order chi connectivity index (χ0) is 16.1. The second-order valence-electron chi connectivity index (χ2n) is 6.55. The molecule has 1 aliphatic heterocycles. The summed E-state index contributed by atoms with van der Waals surface area (Å²) in [7, 11) is 1.65. The van der Waals surface area contributed by atoms with Gasteiger partial charge in [0.2, 0.25) is 0 Å². The third-order valence-corrected chi connectivity index (χ3v) is 5.25. The second-order valence-corrected chi connectivity index (χ2v) is 6.55. The summed E-state index contributed by atoms with van der Waals surface area (Å²) in [6, 6.07) is 7.71. The minimum absolute atomic E-state index is 0.715. The number of piperidine rings is 1. The van der Waals surface area contributed by atoms with Gasteiger partial charge in [-0.3, -0.25) is 0 Å². The van der Waals surface area contributed by atoms with Crippen LogP contribution in [0.1, 0.15) is 5.82 Å². The molecule has 2 unspecified atom stereocenters. The molecular weight excluding hydrogens is 304 g/mol. The molecule has 2 aliphatic rings. The van der Waals surface area contributed by atoms with Crippen molar-refractivity contribution in [3.05, 3.63) is 36.3 Å². The monoisotopic (exact) mass is 322 g/mol. The van der Waals surface area contributed by atoms with E-state index in [2.05, 4.69) is 20.6 Å². The first-order valence-electron chi connectivity index (χ1n) is 8.26. The highest BCUT2D eigenvalue weighted by Gasteiger charge is 2.52. The molecule has 2 atom stereocenters. The van der Waals surface area contributed by atoms with Gasteiger partial charge in [0.25, 0.3) is 0 Å². The molecule has 1 N–H and O–H groups in total. The Kier molecular flexibility index (Phi) is 3.02. The molecule has 1 saturated carbocycles. The first kappa shape index (κ1) is 13.9. The molecule has 0 radical (unpaired) electrons. The van der Waals surface area contributed by atoms with Gasteiger partial charge in [0.15, 0.2) is 11.2 Å². The molecule has 1 aromatic carbocycles. The van der Waals surface area contributed by atoms with Gasteiger partial charge in [0.1, 0.15) is 11.6 Å². The number of hydrogen-bond acceptors (Lipinski definition) is 6. The van der Waals surface area contributed by atoms with E-state index in [-0.39, 0.29) is 0 Å². The van der Waals surface area contributed by atoms with Crippen LogP contribution < -0.4 is 10.1 Å². The van der Waals surface area contributed by atoms with Gasteiger partial charge in [-0.1, -0.05) is 5.21 Å². The molecule has 7 nitrogen and oxygen atoms in total. The van der Waals surface area contributed by atoms with E-state index in [1.165, 1.54) is 0 Å². The third kappa shape index (κ3) is 2.16. The summed E-state index contributed by atoms with van der Waals surface area (Å²) in [4.78, 5) is 9.22. The maximum absolute atomic E-state index is 5.20. The minimum Gasteiger partial charge on any atom is -0.497 e. The lowest BCUT2D eigenvalue weighted by Gasteiger charge is -2.05. The molecule has 1 aliphatic carbocycles. The maximum Gasteiger partial charge on any atom is 0.187 e. The Morgan fingerprint density at radius 1 is 1.21 bits per heavy atom. The van der Waals surface area contributed by atoms with Crippen molar-refractivity contribution in [1.29, 1.82) is 0 Å². The lowest BCUT2D eigenvalue weighted by molar-refractivity contribution is 0.414. The fourth-order valence-corrected chi connectivity index (χ4v) is 3.82. The van der Waals surface area contributed by atoms with Crippen molar-refractivity contribution in [3.63, 3.8) is 0 Å². The molecule has 0 bridgehead atoms. The van der Waals surface area contributed by atoms with Gasteiger partial charge in [-0.05, 0) is 55.1 Å². The van der Waals surface area contributed by atoms with E-state index >= 15 is 0 Å². The van der Waals surface area contributed by atoms with E-state index in [9.17, 15) is 0 Å². The largest absolute Gasteiger partial charge is 0.497 e. The van der Waals surface area contributed by atoms with Crippen LogP contribution in [0.15, 0.2) is 30.5 Å². The highest BCUT2D eigenvalue weighted by atomic mass is 16.5. The number of hydrogen-bond donors (Lipinski definition) is 1. The van der Waals surface area contributed by atoms with Crippen LogP contribution in [-0.2, 0) is 6.42 Å². The summed E-state index contributed by atoms with van der Waals surface area (Å²) in [6.45, 7) is 2.28. The smallest absolute Gasteiger partial charge is 0.187 e. The Hall–Kier alpha value is -2.54. The van der Waals surface area contributed by atoms with Crippen LogP contribution in [0, 0.1) is 17.8 Å². The van der Waals surface area contributed by atoms with E-state index < -0.39 is 0 Å². The Morgan fingerprint density at radius 2 is 2.00 bits per heavy atom. The van der Waals surface area contributed by atoms with Crippen LogP contribution in [0.2, 0.25) is 0 Å². The summed E-state index contributed by atoms with van der Waals surface area (Å²) in [5.74, 6) is 4.06. The van der Waals surface area contributed by atoms with Crippen molar-refractivity contribution in [2.45, 2.75) is 6.42 Å². The summed E-state index contributed by atoms with van der Waals surface area (Å²) >= 11 is 0. The normalized spacial score (nSPS) is 25.0. The summed E-state index contributed by atoms with van der Waals surface area (Å²) < 4.78 is 6.96. The molecule has 5 rings (SSSR count). The lowest BCUT2D eigenvalue weighted by atomic mass is 10.2. The quantitative estimate of drug-likeness (QED) is 0.778. The van der Waals surface area contributed by atoms with Crippen molar-refractivity contribution < 1.29 is 4.74 Å². The number of methoxy groups -OCH3 is 1. The first-order chi connectivity index (χ1) is 11.8. The summed E-state index contributed by atoms with van der Waals surface area (Å²) in [5.41, 5.74) is 2.39. The molecule has 1 saturated heterocycles. The minimum atomic E-state index is 0.715. The van der Waals surface area contributed by atoms with Crippen molar-refractivity contribution in [1.82, 2.24) is 30.3 Å². The molecule has 3 heterocycles. The third-order valence-electron chi connectivity index (χ3n) is 5.25. The number of aromatic nitrogens is 5. The average molecular weight is 322 g/mol. The van der Waals surface area contributed by atoms with E-state index in [1.54, 1.807) is 18.0 Å². The predicted molar refractivity (Wildman–Crippen MR) is 88.1 cm³/mol. The van der Waals surface area contributed by atoms with Crippen molar-refractivity contribution in [2.24, 2.45) is 17.8 Å². The fraction of sp³-hybridized carbons (Fsp3) is 0.412. The van der Waals surface area contributed by atoms with Crippen LogP contribution in [0.5, 0.6) is 5.75 Å². The molecule has 7 heteroatoms. The van der Waals surface area contributed by atoms with E-state index in [4.69, 9.17) is 9.72 Å². The van der Waals surface area contributed by atoms with Gasteiger partial charge >= 0.3 is 0 Å². The van der Waals surface area contributed by atoms with E-state index in [1.807, 2.05) is 24.3 Å². The zero-order valence-corrected chi connectivity index (χ0v) is 13.4. The van der Waals surface area contributed by atoms with Gasteiger partial charge in [0, 0.05) is 6.42 Å². The van der Waals surface area contributed by atoms with Crippen molar-refractivity contribution in [3.8, 4) is 11.4 Å². The highest BCUT2D eigenvalue weighted by molar-refractivity contribution is 5.70. The number of nitrogens with zero attached hydrogens (tertiary/aromatic N) is 5. The van der Waals surface area contributed by atoms with Crippen LogP contribution in [-0.4, -0.2) is 45.2 Å². The highest BCUT2D eigenvalue weighted by Crippen LogP contribution is 2.50. The van der Waals surface area contributed by atoms with Crippen molar-refractivity contribution in [2.75, 3.05) is 20.2 Å². The van der Waals surface area contributed by atoms with E-state index in [0.29, 0.717) is 5.52 Å². The number of ether oxygens (including phenoxy) is 1. The Morgan fingerprint density at radius 3 is 2.75 bits per heavy atom. The molecule has 122 valence electrons. The zero-order valence-electron chi connectivity index (χ0n) is 13.4. The van der Waals surface area contributed by atoms with Crippen LogP contribution in [0.3, 0.4) is 0 Å². The van der Waals surface area contributed by atoms with Gasteiger partial charge < -0.3 is 10.1 Å². The van der Waals surface area contributed by atoms with Crippen LogP contribution >= 0.6 is 0 Å². The second kappa shape index (κ2) is 5.24. The van der Waals surface area contributed by atoms with Gasteiger partial charge in [-0.2, -0.15) is 4.68 Å². The van der Waals surface area contributed by atoms with Crippen molar-refractivity contribution >= 4 is 11.2 Å². The maximum atomic E-state index is 5.20. The summed E-state index contributed by atoms with van der Waals surface area (Å²) in [6.07, 6.45) is 2.72.